The number of benzene rings is 9. The zero-order valence-electron chi connectivity index (χ0n) is 47.1. The Hall–Kier alpha value is -7.85. The topological polar surface area (TPSA) is 29.9 Å². The van der Waals surface area contributed by atoms with Gasteiger partial charge in [0.05, 0.1) is 30.4 Å². The molecule has 330 valence electrons. The maximum atomic E-state index is 9.19. The Kier molecular flexibility index (Phi) is 8.39. The molecule has 0 bridgehead atoms. The molecule has 0 fully saturated rings. The van der Waals surface area contributed by atoms with Crippen molar-refractivity contribution in [2.24, 2.45) is 0 Å². The van der Waals surface area contributed by atoms with Gasteiger partial charge >= 0.3 is 0 Å². The van der Waals surface area contributed by atoms with Gasteiger partial charge in [0, 0.05) is 38.5 Å². The fourth-order valence-electron chi connectivity index (χ4n) is 9.04. The molecular weight excluding hydrogens is 1010 g/mol. The van der Waals surface area contributed by atoms with E-state index in [-0.39, 0.29) is 54.4 Å². The molecule has 0 atom stereocenters. The number of aromatic nitrogens is 4. The molecule has 68 heavy (non-hydrogen) atoms. The summed E-state index contributed by atoms with van der Waals surface area (Å²) in [4.78, 5) is 7.00. The first-order valence-corrected chi connectivity index (χ1v) is 22.0. The first-order valence-electron chi connectivity index (χ1n) is 27.0. The first-order chi connectivity index (χ1) is 37.0. The van der Waals surface area contributed by atoms with Crippen LogP contribution in [-0.2, 0) is 26.5 Å². The minimum Gasteiger partial charge on any atom is -0.359 e. The monoisotopic (exact) mass is 1060 g/mol. The average molecular weight is 1070 g/mol. The van der Waals surface area contributed by atoms with Gasteiger partial charge in [-0.1, -0.05) is 177 Å². The predicted molar refractivity (Wildman–Crippen MR) is 275 cm³/mol. The molecule has 0 spiro atoms. The maximum absolute atomic E-state index is 9.19. The summed E-state index contributed by atoms with van der Waals surface area (Å²) < 4.78 is 94.2. The second kappa shape index (κ2) is 17.4. The molecule has 0 amide bonds. The average Bonchev–Trinajstić information content (AvgIpc) is 4.14. The third-order valence-electron chi connectivity index (χ3n) is 12.2. The van der Waals surface area contributed by atoms with Crippen molar-refractivity contribution in [3.8, 4) is 39.4 Å². The van der Waals surface area contributed by atoms with Crippen LogP contribution in [0.1, 0.15) is 40.0 Å². The van der Waals surface area contributed by atoms with E-state index in [1.807, 2.05) is 108 Å². The molecule has 6 heteroatoms. The Morgan fingerprint density at radius 3 is 1.96 bits per heavy atom. The zero-order chi connectivity index (χ0) is 53.8. The molecule has 12 rings (SSSR count). The van der Waals surface area contributed by atoms with Crippen molar-refractivity contribution in [2.75, 3.05) is 4.90 Å². The van der Waals surface area contributed by atoms with E-state index in [0.717, 1.165) is 55.3 Å². The van der Waals surface area contributed by atoms with E-state index in [1.54, 1.807) is 22.8 Å². The first kappa shape index (κ1) is 32.8. The number of imidazole rings is 1. The standard InChI is InChI=1S/C62H45N5.Pt/c1-62(2,3)47-35-36-63-60(39-47)67-56-32-16-15-29-54(56)55-34-33-51(41-57(55)67)66(48-25-11-6-12-26-48)50-28-17-27-49(40-50)64-42-65(59-38-46-24-14-13-23-45(46)37-58(59)64)61-52(43-19-7-4-8-20-43)30-18-31-53(61)44-21-9-5-10-22-44;/h4-39H,1-3H3;/q-2;/i4D,5D,7D,8D,9D,10D,19D,20D,21D,22D;. The number of hydrogen-bond acceptors (Lipinski definition) is 2. The predicted octanol–water partition coefficient (Wildman–Crippen LogP) is 15.1. The Morgan fingerprint density at radius 2 is 1.24 bits per heavy atom. The van der Waals surface area contributed by atoms with Gasteiger partial charge < -0.3 is 14.0 Å². The normalized spacial score (nSPS) is 13.7. The summed E-state index contributed by atoms with van der Waals surface area (Å²) in [6.07, 6.45) is 5.42. The molecule has 0 aliphatic heterocycles. The third-order valence-corrected chi connectivity index (χ3v) is 12.2. The Labute approximate surface area is 425 Å². The number of anilines is 3. The second-order valence-electron chi connectivity index (χ2n) is 17.4. The molecule has 3 heterocycles. The van der Waals surface area contributed by atoms with E-state index in [4.69, 9.17) is 13.2 Å². The fourth-order valence-corrected chi connectivity index (χ4v) is 9.04. The number of nitrogens with zero attached hydrogens (tertiary/aromatic N) is 5. The van der Waals surface area contributed by atoms with Crippen LogP contribution in [0.3, 0.4) is 0 Å². The van der Waals surface area contributed by atoms with Crippen LogP contribution in [-0.4, -0.2) is 14.1 Å². The summed E-state index contributed by atoms with van der Waals surface area (Å²) in [5.41, 5.74) is 7.00. The Balaban J connectivity index is 0.00000645. The van der Waals surface area contributed by atoms with Crippen LogP contribution in [0.15, 0.2) is 218 Å². The molecule has 9 aromatic carbocycles. The van der Waals surface area contributed by atoms with Crippen molar-refractivity contribution in [1.82, 2.24) is 14.1 Å². The molecule has 0 unspecified atom stereocenters. The van der Waals surface area contributed by atoms with Crippen LogP contribution < -0.4 is 9.47 Å². The molecule has 0 aliphatic carbocycles. The maximum Gasteiger partial charge on any atom is 0.268 e. The van der Waals surface area contributed by atoms with Crippen LogP contribution >= 0.6 is 0 Å². The molecule has 0 N–H and O–H groups in total. The molecular formula is C62H45N5Pt-2. The van der Waals surface area contributed by atoms with Crippen molar-refractivity contribution in [1.29, 1.82) is 0 Å². The van der Waals surface area contributed by atoms with Gasteiger partial charge in [0.1, 0.15) is 5.82 Å². The largest absolute Gasteiger partial charge is 0.359 e. The van der Waals surface area contributed by atoms with E-state index < -0.39 is 60.4 Å². The summed E-state index contributed by atoms with van der Waals surface area (Å²) >= 11 is 0. The molecule has 0 saturated heterocycles. The van der Waals surface area contributed by atoms with Crippen LogP contribution in [0.4, 0.5) is 17.1 Å². The number of hydrogen-bond donors (Lipinski definition) is 0. The van der Waals surface area contributed by atoms with Gasteiger partial charge in [-0.25, -0.2) is 4.98 Å². The fraction of sp³-hybridized carbons (Fsp3) is 0.0645. The Bertz CT molecular complexity index is 4270. The summed E-state index contributed by atoms with van der Waals surface area (Å²) in [7, 11) is 0. The Morgan fingerprint density at radius 1 is 0.588 bits per heavy atom. The molecule has 0 aliphatic rings. The third kappa shape index (κ3) is 7.50. The van der Waals surface area contributed by atoms with Crippen molar-refractivity contribution < 1.29 is 39.3 Å². The van der Waals surface area contributed by atoms with E-state index in [2.05, 4.69) is 85.1 Å². The molecule has 12 aromatic rings. The molecule has 3 aromatic heterocycles. The summed E-state index contributed by atoms with van der Waals surface area (Å²) in [5, 5.41) is 3.82. The minimum absolute atomic E-state index is 0. The smallest absolute Gasteiger partial charge is 0.268 e. The summed E-state index contributed by atoms with van der Waals surface area (Å²) in [6.45, 7) is 6.56. The number of para-hydroxylation sites is 3. The van der Waals surface area contributed by atoms with Gasteiger partial charge in [-0.3, -0.25) is 4.57 Å². The van der Waals surface area contributed by atoms with Crippen molar-refractivity contribution in [3.63, 3.8) is 0 Å². The SMILES string of the molecule is [2H]c1c([2H])c([2H])c(-c2cccc(-c3c([2H])c([2H])c([2H])c([2H])c3[2H])c2-[n+]2[c-]n(-c3[c-]c(N(c4[c-]c5c(cc4)c4ccccc4n5-c4cc(C(C)(C)C)ccn4)c4ccccc4)ccc3)c3cc4ccccc4cc32)c([2H])c1[2H].[Pt]. The zero-order valence-corrected chi connectivity index (χ0v) is 39.3. The van der Waals surface area contributed by atoms with Crippen molar-refractivity contribution in [3.05, 3.63) is 242 Å². The van der Waals surface area contributed by atoms with Gasteiger partial charge in [-0.2, -0.15) is 24.3 Å². The van der Waals surface area contributed by atoms with Crippen LogP contribution in [0.5, 0.6) is 0 Å². The molecule has 0 saturated carbocycles. The number of rotatable bonds is 8. The van der Waals surface area contributed by atoms with Gasteiger partial charge in [0.2, 0.25) is 0 Å². The van der Waals surface area contributed by atoms with Gasteiger partial charge in [-0.15, -0.1) is 23.6 Å². The van der Waals surface area contributed by atoms with Gasteiger partial charge in [0.25, 0.3) is 6.33 Å². The second-order valence-corrected chi connectivity index (χ2v) is 17.4. The van der Waals surface area contributed by atoms with Crippen LogP contribution in [0.25, 0.3) is 83.1 Å². The van der Waals surface area contributed by atoms with E-state index in [1.165, 1.54) is 0 Å². The van der Waals surface area contributed by atoms with Crippen molar-refractivity contribution >= 4 is 60.7 Å². The van der Waals surface area contributed by atoms with Crippen LogP contribution in [0, 0.1) is 18.5 Å². The van der Waals surface area contributed by atoms with Crippen molar-refractivity contribution in [2.45, 2.75) is 26.2 Å². The molecule has 5 nitrogen and oxygen atoms in total. The van der Waals surface area contributed by atoms with E-state index in [0.29, 0.717) is 22.4 Å². The summed E-state index contributed by atoms with van der Waals surface area (Å²) in [6, 6.07) is 51.3. The summed E-state index contributed by atoms with van der Waals surface area (Å²) in [5.74, 6) is 0.774. The quantitative estimate of drug-likeness (QED) is 0.112. The minimum atomic E-state index is -0.572. The van der Waals surface area contributed by atoms with E-state index >= 15 is 0 Å². The van der Waals surface area contributed by atoms with E-state index in [9.17, 15) is 5.48 Å². The number of fused-ring (bicyclic) bond motifs is 5. The van der Waals surface area contributed by atoms with Gasteiger partial charge in [0.15, 0.2) is 0 Å². The number of pyridine rings is 1. The van der Waals surface area contributed by atoms with Crippen LogP contribution in [0.2, 0.25) is 0 Å². The molecule has 0 radical (unpaired) electrons. The van der Waals surface area contributed by atoms with Gasteiger partial charge in [-0.05, 0) is 97.5 Å².